The fourth-order valence-corrected chi connectivity index (χ4v) is 2.90. The quantitative estimate of drug-likeness (QED) is 0.845. The number of phenols is 2. The van der Waals surface area contributed by atoms with Gasteiger partial charge in [-0.05, 0) is 51.8 Å². The maximum absolute atomic E-state index is 12.4. The van der Waals surface area contributed by atoms with Crippen molar-refractivity contribution in [3.63, 3.8) is 0 Å². The van der Waals surface area contributed by atoms with Crippen LogP contribution in [0.3, 0.4) is 0 Å². The first-order chi connectivity index (χ1) is 9.08. The molecule has 0 spiro atoms. The number of fused-ring (bicyclic) bond motifs is 1. The number of hydrogen-bond acceptors (Lipinski definition) is 3. The maximum Gasteiger partial charge on any atom is 0.195 e. The van der Waals surface area contributed by atoms with Crippen molar-refractivity contribution in [2.75, 3.05) is 0 Å². The van der Waals surface area contributed by atoms with Gasteiger partial charge in [-0.2, -0.15) is 0 Å². The zero-order chi connectivity index (χ0) is 13.6. The molecule has 19 heavy (non-hydrogen) atoms. The number of benzene rings is 2. The van der Waals surface area contributed by atoms with Crippen LogP contribution in [0.25, 0.3) is 10.1 Å². The summed E-state index contributed by atoms with van der Waals surface area (Å²) in [5, 5.41) is 18.8. The lowest BCUT2D eigenvalue weighted by Crippen LogP contribution is -1.97. The van der Waals surface area contributed by atoms with Crippen molar-refractivity contribution in [3.05, 3.63) is 59.2 Å². The van der Waals surface area contributed by atoms with Gasteiger partial charge in [-0.1, -0.05) is 12.1 Å². The molecule has 1 aliphatic rings. The molecule has 2 aromatic rings. The van der Waals surface area contributed by atoms with Gasteiger partial charge < -0.3 is 10.2 Å². The molecule has 0 fully saturated rings. The Morgan fingerprint density at radius 2 is 1.47 bits per heavy atom. The molecule has 0 saturated heterocycles. The topological polar surface area (TPSA) is 57.5 Å². The van der Waals surface area contributed by atoms with E-state index in [9.17, 15) is 15.0 Å². The monoisotopic (exact) mass is 316 g/mol. The number of carbonyl (C=O) groups excluding carboxylic acids is 1. The first-order valence-electron chi connectivity index (χ1n) is 5.65. The molecule has 2 N–H and O–H groups in total. The Labute approximate surface area is 118 Å². The molecule has 3 nitrogen and oxygen atoms in total. The van der Waals surface area contributed by atoms with Gasteiger partial charge in [-0.3, -0.25) is 4.79 Å². The Balaban J connectivity index is 2.18. The van der Waals surface area contributed by atoms with Crippen molar-refractivity contribution < 1.29 is 15.0 Å². The van der Waals surface area contributed by atoms with Gasteiger partial charge in [-0.15, -0.1) is 0 Å². The summed E-state index contributed by atoms with van der Waals surface area (Å²) >= 11 is 3.42. The number of aromatic hydroxyl groups is 2. The highest BCUT2D eigenvalue weighted by Gasteiger charge is 2.29. The molecule has 94 valence electrons. The van der Waals surface area contributed by atoms with Gasteiger partial charge in [0.1, 0.15) is 11.5 Å². The van der Waals surface area contributed by atoms with Gasteiger partial charge in [-0.25, -0.2) is 0 Å². The first-order valence-corrected chi connectivity index (χ1v) is 6.44. The van der Waals surface area contributed by atoms with Crippen molar-refractivity contribution in [1.82, 2.24) is 0 Å². The molecule has 3 rings (SSSR count). The molecule has 0 aromatic heterocycles. The molecule has 0 unspecified atom stereocenters. The van der Waals surface area contributed by atoms with Crippen molar-refractivity contribution >= 4 is 31.8 Å². The van der Waals surface area contributed by atoms with Gasteiger partial charge in [0.15, 0.2) is 5.78 Å². The highest BCUT2D eigenvalue weighted by molar-refractivity contribution is 9.15. The van der Waals surface area contributed by atoms with E-state index < -0.39 is 0 Å². The van der Waals surface area contributed by atoms with Crippen molar-refractivity contribution in [1.29, 1.82) is 0 Å². The molecule has 0 bridgehead atoms. The predicted molar refractivity (Wildman–Crippen MR) is 76.3 cm³/mol. The summed E-state index contributed by atoms with van der Waals surface area (Å²) in [7, 11) is 0. The van der Waals surface area contributed by atoms with Crippen LogP contribution < -0.4 is 0 Å². The molecular formula is C15H9BrO3. The average molecular weight is 317 g/mol. The summed E-state index contributed by atoms with van der Waals surface area (Å²) in [5.74, 6) is 0.184. The standard InChI is InChI=1S/C15H9BrO3/c16-14-12-7-10(18)5-6-11(12)15(19)13(14)8-1-3-9(17)4-2-8/h1-7,17-18H. The van der Waals surface area contributed by atoms with E-state index in [4.69, 9.17) is 0 Å². The zero-order valence-electron chi connectivity index (χ0n) is 9.72. The van der Waals surface area contributed by atoms with E-state index in [1.807, 2.05) is 0 Å². The second-order valence-corrected chi connectivity index (χ2v) is 5.09. The smallest absolute Gasteiger partial charge is 0.195 e. The Bertz CT molecular complexity index is 715. The van der Waals surface area contributed by atoms with Gasteiger partial charge in [0.05, 0.1) is 0 Å². The molecule has 0 heterocycles. The lowest BCUT2D eigenvalue weighted by Gasteiger charge is -2.02. The predicted octanol–water partition coefficient (Wildman–Crippen LogP) is 3.56. The summed E-state index contributed by atoms with van der Waals surface area (Å²) in [6.07, 6.45) is 0. The molecule has 0 amide bonds. The number of Topliss-reactive ketones (excluding diaryl/α,β-unsaturated/α-hetero) is 1. The lowest BCUT2D eigenvalue weighted by atomic mass is 10.0. The van der Waals surface area contributed by atoms with E-state index in [0.717, 1.165) is 5.56 Å². The molecule has 0 saturated carbocycles. The highest BCUT2D eigenvalue weighted by atomic mass is 79.9. The van der Waals surface area contributed by atoms with E-state index in [1.165, 1.54) is 18.2 Å². The Morgan fingerprint density at radius 3 is 2.16 bits per heavy atom. The molecule has 4 heteroatoms. The third kappa shape index (κ3) is 1.85. The minimum atomic E-state index is -0.0902. The van der Waals surface area contributed by atoms with Gasteiger partial charge in [0.25, 0.3) is 0 Å². The molecule has 1 aliphatic carbocycles. The zero-order valence-corrected chi connectivity index (χ0v) is 11.3. The SMILES string of the molecule is O=C1C(c2ccc(O)cc2)=C(Br)c2cc(O)ccc21. The van der Waals surface area contributed by atoms with Crippen LogP contribution in [0.2, 0.25) is 0 Å². The van der Waals surface area contributed by atoms with E-state index in [1.54, 1.807) is 24.3 Å². The molecular weight excluding hydrogens is 308 g/mol. The van der Waals surface area contributed by atoms with Crippen LogP contribution in [-0.4, -0.2) is 16.0 Å². The van der Waals surface area contributed by atoms with Gasteiger partial charge >= 0.3 is 0 Å². The van der Waals surface area contributed by atoms with Crippen molar-refractivity contribution in [3.8, 4) is 11.5 Å². The van der Waals surface area contributed by atoms with Crippen LogP contribution in [0.5, 0.6) is 11.5 Å². The number of hydrogen-bond donors (Lipinski definition) is 2. The van der Waals surface area contributed by atoms with Gasteiger partial charge in [0.2, 0.25) is 0 Å². The molecule has 0 atom stereocenters. The number of carbonyl (C=O) groups is 1. The largest absolute Gasteiger partial charge is 0.508 e. The maximum atomic E-state index is 12.4. The van der Waals surface area contributed by atoms with Crippen molar-refractivity contribution in [2.45, 2.75) is 0 Å². The lowest BCUT2D eigenvalue weighted by molar-refractivity contribution is 0.105. The number of ketones is 1. The Hall–Kier alpha value is -2.07. The Morgan fingerprint density at radius 1 is 0.842 bits per heavy atom. The summed E-state index contributed by atoms with van der Waals surface area (Å²) in [6, 6.07) is 11.1. The van der Waals surface area contributed by atoms with E-state index in [-0.39, 0.29) is 17.3 Å². The number of allylic oxidation sites excluding steroid dienone is 1. The fraction of sp³-hybridized carbons (Fsp3) is 0. The highest BCUT2D eigenvalue weighted by Crippen LogP contribution is 2.43. The number of rotatable bonds is 1. The van der Waals surface area contributed by atoms with Crippen molar-refractivity contribution in [2.24, 2.45) is 0 Å². The third-order valence-electron chi connectivity index (χ3n) is 3.09. The molecule has 2 aromatic carbocycles. The minimum Gasteiger partial charge on any atom is -0.508 e. The second-order valence-electron chi connectivity index (χ2n) is 4.29. The van der Waals surface area contributed by atoms with Crippen LogP contribution in [0, 0.1) is 0 Å². The third-order valence-corrected chi connectivity index (χ3v) is 3.91. The Kier molecular flexibility index (Phi) is 2.68. The van der Waals surface area contributed by atoms with Crippen LogP contribution in [0.4, 0.5) is 0 Å². The molecule has 0 radical (unpaired) electrons. The van der Waals surface area contributed by atoms with Gasteiger partial charge in [0, 0.05) is 21.2 Å². The average Bonchev–Trinajstić information content (AvgIpc) is 2.63. The summed E-state index contributed by atoms with van der Waals surface area (Å²) in [4.78, 5) is 12.4. The summed E-state index contributed by atoms with van der Waals surface area (Å²) in [5.41, 5.74) is 2.52. The van der Waals surface area contributed by atoms with E-state index in [0.29, 0.717) is 21.2 Å². The van der Waals surface area contributed by atoms with Crippen LogP contribution in [0.15, 0.2) is 42.5 Å². The number of phenolic OH excluding ortho intramolecular Hbond substituents is 2. The van der Waals surface area contributed by atoms with E-state index >= 15 is 0 Å². The first kappa shape index (κ1) is 12.0. The summed E-state index contributed by atoms with van der Waals surface area (Å²) < 4.78 is 0.661. The fourth-order valence-electron chi connectivity index (χ4n) is 2.17. The van der Waals surface area contributed by atoms with Crippen LogP contribution in [0.1, 0.15) is 21.5 Å². The van der Waals surface area contributed by atoms with E-state index in [2.05, 4.69) is 15.9 Å². The van der Waals surface area contributed by atoms with Crippen LogP contribution in [-0.2, 0) is 0 Å². The minimum absolute atomic E-state index is 0.0902. The number of halogens is 1. The second kappa shape index (κ2) is 4.24. The normalized spacial score (nSPS) is 13.8. The molecule has 0 aliphatic heterocycles. The van der Waals surface area contributed by atoms with Crippen LogP contribution >= 0.6 is 15.9 Å². The summed E-state index contributed by atoms with van der Waals surface area (Å²) in [6.45, 7) is 0.